The molecule has 4 heteroatoms. The number of carbonyl (C=O) groups excluding carboxylic acids is 1. The molecule has 0 spiro atoms. The molecule has 2 N–H and O–H groups in total. The molecule has 0 aliphatic rings. The fraction of sp³-hybridized carbons (Fsp3) is 0.923. The zero-order chi connectivity index (χ0) is 13.1. The first kappa shape index (κ1) is 17.9. The summed E-state index contributed by atoms with van der Waals surface area (Å²) in [6.07, 6.45) is 12.7. The second-order valence-corrected chi connectivity index (χ2v) is 10.4. The van der Waals surface area contributed by atoms with Crippen molar-refractivity contribution >= 4 is 51.1 Å². The highest BCUT2D eigenvalue weighted by Gasteiger charge is 2.28. The summed E-state index contributed by atoms with van der Waals surface area (Å²) in [4.78, 5) is 11.1. The summed E-state index contributed by atoms with van der Waals surface area (Å²) in [6, 6.07) is 0. The first-order valence-corrected chi connectivity index (χ1v) is 8.84. The van der Waals surface area contributed by atoms with Gasteiger partial charge in [0, 0.05) is 0 Å². The predicted molar refractivity (Wildman–Crippen MR) is 91.8 cm³/mol. The van der Waals surface area contributed by atoms with Crippen molar-refractivity contribution in [1.82, 2.24) is 0 Å². The SMILES string of the molecule is CCCCCCCCCCCC(I)(I)C(N)=O. The molecular weight excluding hydrogens is 440 g/mol. The molecule has 0 bridgehead atoms. The van der Waals surface area contributed by atoms with E-state index in [1.54, 1.807) is 0 Å². The van der Waals surface area contributed by atoms with Crippen LogP contribution in [0.25, 0.3) is 0 Å². The Kier molecular flexibility index (Phi) is 11.4. The largest absolute Gasteiger partial charge is 0.368 e. The molecule has 0 aromatic carbocycles. The van der Waals surface area contributed by atoms with Gasteiger partial charge in [-0.15, -0.1) is 0 Å². The third kappa shape index (κ3) is 10.5. The van der Waals surface area contributed by atoms with Crippen molar-refractivity contribution in [2.24, 2.45) is 5.73 Å². The monoisotopic (exact) mass is 465 g/mol. The van der Waals surface area contributed by atoms with Crippen molar-refractivity contribution in [2.75, 3.05) is 0 Å². The number of hydrogen-bond donors (Lipinski definition) is 1. The Morgan fingerprint density at radius 2 is 1.35 bits per heavy atom. The molecule has 0 fully saturated rings. The molecular formula is C13H25I2NO. The van der Waals surface area contributed by atoms with Gasteiger partial charge in [-0.05, 0) is 6.42 Å². The zero-order valence-electron chi connectivity index (χ0n) is 10.8. The minimum atomic E-state index is -0.378. The predicted octanol–water partition coefficient (Wildman–Crippen LogP) is 4.96. The van der Waals surface area contributed by atoms with Crippen LogP contribution in [0.4, 0.5) is 0 Å². The van der Waals surface area contributed by atoms with E-state index in [4.69, 9.17) is 5.73 Å². The number of rotatable bonds is 11. The molecule has 1 amide bonds. The second kappa shape index (κ2) is 10.8. The lowest BCUT2D eigenvalue weighted by atomic mass is 10.1. The van der Waals surface area contributed by atoms with Gasteiger partial charge < -0.3 is 5.73 Å². The number of unbranched alkanes of at least 4 members (excludes halogenated alkanes) is 8. The summed E-state index contributed by atoms with van der Waals surface area (Å²) in [6.45, 7) is 2.25. The van der Waals surface area contributed by atoms with Gasteiger partial charge in [0.2, 0.25) is 5.91 Å². The topological polar surface area (TPSA) is 43.1 Å². The quantitative estimate of drug-likeness (QED) is 0.262. The number of carbonyl (C=O) groups is 1. The second-order valence-electron chi connectivity index (χ2n) is 4.65. The standard InChI is InChI=1S/C13H25I2NO/c1-2-3-4-5-6-7-8-9-10-11-13(14,15)12(16)17/h2-11H2,1H3,(H2,16,17). The first-order chi connectivity index (χ1) is 8.00. The fourth-order valence-electron chi connectivity index (χ4n) is 1.78. The molecule has 17 heavy (non-hydrogen) atoms. The summed E-state index contributed by atoms with van der Waals surface area (Å²) < 4.78 is -0.378. The van der Waals surface area contributed by atoms with Crippen LogP contribution in [-0.4, -0.2) is 7.34 Å². The van der Waals surface area contributed by atoms with Crippen LogP contribution in [0.3, 0.4) is 0 Å². The number of hydrogen-bond acceptors (Lipinski definition) is 1. The van der Waals surface area contributed by atoms with Gasteiger partial charge in [-0.3, -0.25) is 4.79 Å². The lowest BCUT2D eigenvalue weighted by Crippen LogP contribution is -2.31. The molecule has 0 heterocycles. The lowest BCUT2D eigenvalue weighted by Gasteiger charge is -2.15. The summed E-state index contributed by atoms with van der Waals surface area (Å²) >= 11 is 4.32. The van der Waals surface area contributed by atoms with Crippen molar-refractivity contribution in [3.05, 3.63) is 0 Å². The number of nitrogens with two attached hydrogens (primary N) is 1. The van der Waals surface area contributed by atoms with E-state index in [-0.39, 0.29) is 7.34 Å². The molecule has 0 atom stereocenters. The third-order valence-corrected chi connectivity index (χ3v) is 5.10. The Balaban J connectivity index is 3.27. The summed E-state index contributed by atoms with van der Waals surface area (Å²) in [5.41, 5.74) is 5.33. The van der Waals surface area contributed by atoms with Crippen molar-refractivity contribution < 1.29 is 4.79 Å². The minimum absolute atomic E-state index is 0.196. The molecule has 102 valence electrons. The highest BCUT2D eigenvalue weighted by Crippen LogP contribution is 2.33. The van der Waals surface area contributed by atoms with Gasteiger partial charge in [0.1, 0.15) is 0 Å². The number of amides is 1. The van der Waals surface area contributed by atoms with Crippen LogP contribution in [0.1, 0.15) is 71.1 Å². The molecule has 0 unspecified atom stereocenters. The molecule has 0 aromatic heterocycles. The molecule has 0 saturated heterocycles. The number of primary amides is 1. The first-order valence-electron chi connectivity index (χ1n) is 6.68. The minimum Gasteiger partial charge on any atom is -0.368 e. The Morgan fingerprint density at radius 3 is 1.76 bits per heavy atom. The summed E-state index contributed by atoms with van der Waals surface area (Å²) in [5, 5.41) is 0. The smallest absolute Gasteiger partial charge is 0.243 e. The van der Waals surface area contributed by atoms with E-state index in [2.05, 4.69) is 52.1 Å². The van der Waals surface area contributed by atoms with E-state index in [9.17, 15) is 4.79 Å². The van der Waals surface area contributed by atoms with Crippen molar-refractivity contribution in [3.8, 4) is 0 Å². The summed E-state index contributed by atoms with van der Waals surface area (Å²) in [7, 11) is 0. The Hall–Kier alpha value is 0.930. The maximum atomic E-state index is 11.1. The maximum absolute atomic E-state index is 11.1. The van der Waals surface area contributed by atoms with E-state index in [1.165, 1.54) is 51.4 Å². The molecule has 0 rings (SSSR count). The van der Waals surface area contributed by atoms with Crippen LogP contribution >= 0.6 is 45.2 Å². The molecule has 0 radical (unpaired) electrons. The van der Waals surface area contributed by atoms with Gasteiger partial charge in [0.05, 0.1) is 0 Å². The molecule has 0 aliphatic carbocycles. The van der Waals surface area contributed by atoms with Gasteiger partial charge in [-0.25, -0.2) is 0 Å². The van der Waals surface area contributed by atoms with Crippen molar-refractivity contribution in [3.63, 3.8) is 0 Å². The number of alkyl halides is 2. The van der Waals surface area contributed by atoms with Gasteiger partial charge in [-0.1, -0.05) is 110 Å². The van der Waals surface area contributed by atoms with Gasteiger partial charge >= 0.3 is 0 Å². The van der Waals surface area contributed by atoms with Crippen LogP contribution < -0.4 is 5.73 Å². The van der Waals surface area contributed by atoms with E-state index >= 15 is 0 Å². The van der Waals surface area contributed by atoms with E-state index in [0.717, 1.165) is 12.8 Å². The van der Waals surface area contributed by atoms with Crippen LogP contribution in [-0.2, 0) is 4.79 Å². The van der Waals surface area contributed by atoms with Crippen LogP contribution in [0.15, 0.2) is 0 Å². The van der Waals surface area contributed by atoms with Gasteiger partial charge in [-0.2, -0.15) is 0 Å². The Bertz CT molecular complexity index is 208. The highest BCUT2D eigenvalue weighted by molar-refractivity contribution is 14.2. The van der Waals surface area contributed by atoms with Gasteiger partial charge in [0.15, 0.2) is 1.43 Å². The molecule has 0 aliphatic heterocycles. The lowest BCUT2D eigenvalue weighted by molar-refractivity contribution is -0.117. The van der Waals surface area contributed by atoms with E-state index in [0.29, 0.717) is 0 Å². The average Bonchev–Trinajstić information content (AvgIpc) is 2.26. The Labute approximate surface area is 133 Å². The Morgan fingerprint density at radius 1 is 0.941 bits per heavy atom. The highest BCUT2D eigenvalue weighted by atomic mass is 127. The maximum Gasteiger partial charge on any atom is 0.243 e. The summed E-state index contributed by atoms with van der Waals surface area (Å²) in [5.74, 6) is -0.196. The normalized spacial score (nSPS) is 11.7. The van der Waals surface area contributed by atoms with Gasteiger partial charge in [0.25, 0.3) is 0 Å². The average molecular weight is 465 g/mol. The molecule has 0 saturated carbocycles. The van der Waals surface area contributed by atoms with Crippen LogP contribution in [0.5, 0.6) is 0 Å². The zero-order valence-corrected chi connectivity index (χ0v) is 15.1. The van der Waals surface area contributed by atoms with Crippen LogP contribution in [0, 0.1) is 0 Å². The van der Waals surface area contributed by atoms with Crippen molar-refractivity contribution in [2.45, 2.75) is 72.6 Å². The van der Waals surface area contributed by atoms with E-state index < -0.39 is 0 Å². The molecule has 0 aromatic rings. The number of halogens is 2. The van der Waals surface area contributed by atoms with Crippen LogP contribution in [0.2, 0.25) is 0 Å². The molecule has 2 nitrogen and oxygen atoms in total. The fourth-order valence-corrected chi connectivity index (χ4v) is 2.54. The van der Waals surface area contributed by atoms with Crippen molar-refractivity contribution in [1.29, 1.82) is 0 Å². The third-order valence-electron chi connectivity index (χ3n) is 2.95. The van der Waals surface area contributed by atoms with E-state index in [1.807, 2.05) is 0 Å².